The van der Waals surface area contributed by atoms with Gasteiger partial charge in [-0.1, -0.05) is 48.0 Å². The highest BCUT2D eigenvalue weighted by atomic mass is 35.5. The number of morpholine rings is 1. The zero-order valence-electron chi connectivity index (χ0n) is 15.4. The Bertz CT molecular complexity index is 995. The molecule has 1 aliphatic rings. The number of carbonyl (C=O) groups is 1. The second kappa shape index (κ2) is 7.29. The van der Waals surface area contributed by atoms with Gasteiger partial charge >= 0.3 is 0 Å². The van der Waals surface area contributed by atoms with Crippen molar-refractivity contribution in [3.63, 3.8) is 0 Å². The minimum absolute atomic E-state index is 0.00361. The number of halogens is 1. The number of hydrogen-bond donors (Lipinski definition) is 0. The summed E-state index contributed by atoms with van der Waals surface area (Å²) in [6.45, 7) is 5.16. The number of carbonyl (C=O) groups excluding carboxylic acids is 1. The maximum Gasteiger partial charge on any atom is 0.254 e. The van der Waals surface area contributed by atoms with Gasteiger partial charge in [0.1, 0.15) is 0 Å². The van der Waals surface area contributed by atoms with Gasteiger partial charge in [-0.25, -0.2) is 4.98 Å². The predicted molar refractivity (Wildman–Crippen MR) is 108 cm³/mol. The molecule has 4 rings (SSSR count). The van der Waals surface area contributed by atoms with Crippen LogP contribution in [0.2, 0.25) is 5.02 Å². The van der Waals surface area contributed by atoms with Crippen LogP contribution in [0.4, 0.5) is 0 Å². The Morgan fingerprint density at radius 2 is 1.74 bits per heavy atom. The first-order chi connectivity index (χ1) is 13.0. The molecule has 0 bridgehead atoms. The monoisotopic (exact) mass is 380 g/mol. The number of fused-ring (bicyclic) bond motifs is 1. The Labute approximate surface area is 163 Å². The molecule has 0 radical (unpaired) electrons. The van der Waals surface area contributed by atoms with Gasteiger partial charge in [0, 0.05) is 29.1 Å². The normalized spacial score (nSPS) is 20.0. The fraction of sp³-hybridized carbons (Fsp3) is 0.273. The molecule has 27 heavy (non-hydrogen) atoms. The van der Waals surface area contributed by atoms with Gasteiger partial charge in [0.25, 0.3) is 5.91 Å². The predicted octanol–water partition coefficient (Wildman–Crippen LogP) is 4.80. The van der Waals surface area contributed by atoms with E-state index >= 15 is 0 Å². The quantitative estimate of drug-likeness (QED) is 0.641. The molecule has 2 atom stereocenters. The van der Waals surface area contributed by atoms with Gasteiger partial charge < -0.3 is 9.64 Å². The third kappa shape index (κ3) is 3.55. The standard InChI is InChI=1S/C22H21ClN2O2/c1-14-12-25(13-15(2)27-14)22(26)18-11-21(17-8-3-5-9-19(17)23)24-20-10-6-4-7-16(18)20/h3-11,14-15H,12-13H2,1-2H3/t14-,15-/m1/s1. The fourth-order valence-electron chi connectivity index (χ4n) is 3.67. The lowest BCUT2D eigenvalue weighted by atomic mass is 10.0. The van der Waals surface area contributed by atoms with Crippen molar-refractivity contribution in [3.8, 4) is 11.3 Å². The maximum absolute atomic E-state index is 13.4. The smallest absolute Gasteiger partial charge is 0.254 e. The molecular formula is C22H21ClN2O2. The zero-order valence-corrected chi connectivity index (χ0v) is 16.1. The van der Waals surface area contributed by atoms with Crippen LogP contribution in [0, 0.1) is 0 Å². The molecule has 1 aromatic heterocycles. The van der Waals surface area contributed by atoms with E-state index in [1.807, 2.05) is 73.3 Å². The topological polar surface area (TPSA) is 42.4 Å². The first-order valence-electron chi connectivity index (χ1n) is 9.12. The molecule has 1 fully saturated rings. The van der Waals surface area contributed by atoms with Gasteiger partial charge in [0.05, 0.1) is 29.0 Å². The number of pyridine rings is 1. The molecule has 2 heterocycles. The van der Waals surface area contributed by atoms with Gasteiger partial charge in [-0.2, -0.15) is 0 Å². The van der Waals surface area contributed by atoms with Crippen LogP contribution in [-0.4, -0.2) is 41.1 Å². The second-order valence-corrected chi connectivity index (χ2v) is 7.43. The summed E-state index contributed by atoms with van der Waals surface area (Å²) in [6.07, 6.45) is 0.0441. The highest BCUT2D eigenvalue weighted by Gasteiger charge is 2.28. The Morgan fingerprint density at radius 3 is 2.48 bits per heavy atom. The van der Waals surface area contributed by atoms with E-state index in [0.29, 0.717) is 29.4 Å². The first kappa shape index (κ1) is 18.0. The number of rotatable bonds is 2. The summed E-state index contributed by atoms with van der Waals surface area (Å²) in [6, 6.07) is 17.2. The van der Waals surface area contributed by atoms with Crippen LogP contribution in [-0.2, 0) is 4.74 Å². The van der Waals surface area contributed by atoms with Crippen molar-refractivity contribution in [2.45, 2.75) is 26.1 Å². The summed E-state index contributed by atoms with van der Waals surface area (Å²) in [7, 11) is 0. The van der Waals surface area contributed by atoms with Crippen LogP contribution in [0.1, 0.15) is 24.2 Å². The molecule has 5 heteroatoms. The number of benzene rings is 2. The molecule has 138 valence electrons. The van der Waals surface area contributed by atoms with Crippen molar-refractivity contribution in [2.24, 2.45) is 0 Å². The summed E-state index contributed by atoms with van der Waals surface area (Å²) in [5.74, 6) is 0.00361. The number of para-hydroxylation sites is 1. The van der Waals surface area contributed by atoms with Crippen molar-refractivity contribution < 1.29 is 9.53 Å². The Kier molecular flexibility index (Phi) is 4.85. The molecule has 2 aromatic carbocycles. The van der Waals surface area contributed by atoms with Crippen LogP contribution in [0.3, 0.4) is 0 Å². The average molecular weight is 381 g/mol. The summed E-state index contributed by atoms with van der Waals surface area (Å²) in [4.78, 5) is 20.0. The summed E-state index contributed by atoms with van der Waals surface area (Å²) in [5.41, 5.74) is 2.96. The summed E-state index contributed by atoms with van der Waals surface area (Å²) < 4.78 is 5.77. The molecule has 0 unspecified atom stereocenters. The third-order valence-electron chi connectivity index (χ3n) is 4.80. The van der Waals surface area contributed by atoms with E-state index in [2.05, 4.69) is 0 Å². The molecule has 1 aliphatic heterocycles. The molecule has 1 amide bonds. The minimum atomic E-state index is 0.00361. The molecule has 0 spiro atoms. The molecular weight excluding hydrogens is 360 g/mol. The Balaban J connectivity index is 1.84. The number of hydrogen-bond acceptors (Lipinski definition) is 3. The number of amides is 1. The van der Waals surface area contributed by atoms with E-state index in [4.69, 9.17) is 21.3 Å². The molecule has 0 aliphatic carbocycles. The van der Waals surface area contributed by atoms with Crippen molar-refractivity contribution in [3.05, 3.63) is 65.2 Å². The van der Waals surface area contributed by atoms with Crippen LogP contribution in [0.25, 0.3) is 22.2 Å². The third-order valence-corrected chi connectivity index (χ3v) is 5.13. The van der Waals surface area contributed by atoms with E-state index in [0.717, 1.165) is 16.5 Å². The summed E-state index contributed by atoms with van der Waals surface area (Å²) >= 11 is 6.38. The van der Waals surface area contributed by atoms with Gasteiger partial charge in [-0.3, -0.25) is 4.79 Å². The largest absolute Gasteiger partial charge is 0.372 e. The number of ether oxygens (including phenoxy) is 1. The molecule has 4 nitrogen and oxygen atoms in total. The van der Waals surface area contributed by atoms with E-state index in [1.54, 1.807) is 0 Å². The second-order valence-electron chi connectivity index (χ2n) is 7.02. The Hall–Kier alpha value is -2.43. The van der Waals surface area contributed by atoms with Crippen molar-refractivity contribution in [2.75, 3.05) is 13.1 Å². The lowest BCUT2D eigenvalue weighted by molar-refractivity contribution is -0.0585. The van der Waals surface area contributed by atoms with Crippen molar-refractivity contribution >= 4 is 28.4 Å². The highest BCUT2D eigenvalue weighted by Crippen LogP contribution is 2.30. The van der Waals surface area contributed by atoms with Crippen LogP contribution >= 0.6 is 11.6 Å². The zero-order chi connectivity index (χ0) is 19.0. The average Bonchev–Trinajstić information content (AvgIpc) is 2.66. The number of aromatic nitrogens is 1. The van der Waals surface area contributed by atoms with Crippen molar-refractivity contribution in [1.29, 1.82) is 0 Å². The molecule has 1 saturated heterocycles. The van der Waals surface area contributed by atoms with Gasteiger partial charge in [-0.15, -0.1) is 0 Å². The highest BCUT2D eigenvalue weighted by molar-refractivity contribution is 6.33. The van der Waals surface area contributed by atoms with E-state index in [-0.39, 0.29) is 18.1 Å². The lowest BCUT2D eigenvalue weighted by Crippen LogP contribution is -2.48. The van der Waals surface area contributed by atoms with E-state index in [1.165, 1.54) is 0 Å². The Morgan fingerprint density at radius 1 is 1.07 bits per heavy atom. The van der Waals surface area contributed by atoms with Gasteiger partial charge in [0.2, 0.25) is 0 Å². The minimum Gasteiger partial charge on any atom is -0.372 e. The van der Waals surface area contributed by atoms with E-state index < -0.39 is 0 Å². The molecule has 0 N–H and O–H groups in total. The van der Waals surface area contributed by atoms with Gasteiger partial charge in [0.15, 0.2) is 0 Å². The maximum atomic E-state index is 13.4. The first-order valence-corrected chi connectivity index (χ1v) is 9.50. The van der Waals surface area contributed by atoms with Crippen LogP contribution in [0.5, 0.6) is 0 Å². The molecule has 3 aromatic rings. The van der Waals surface area contributed by atoms with Crippen molar-refractivity contribution in [1.82, 2.24) is 9.88 Å². The van der Waals surface area contributed by atoms with E-state index in [9.17, 15) is 4.79 Å². The summed E-state index contributed by atoms with van der Waals surface area (Å²) in [5, 5.41) is 1.47. The van der Waals surface area contributed by atoms with Crippen LogP contribution in [0.15, 0.2) is 54.6 Å². The fourth-order valence-corrected chi connectivity index (χ4v) is 3.91. The van der Waals surface area contributed by atoms with Crippen LogP contribution < -0.4 is 0 Å². The molecule has 0 saturated carbocycles. The SMILES string of the molecule is C[C@@H]1CN(C(=O)c2cc(-c3ccccc3Cl)nc3ccccc23)C[C@@H](C)O1. The lowest BCUT2D eigenvalue weighted by Gasteiger charge is -2.35. The number of nitrogens with zero attached hydrogens (tertiary/aromatic N) is 2. The van der Waals surface area contributed by atoms with Gasteiger partial charge in [-0.05, 0) is 32.0 Å².